The number of oxime groups is 1. The van der Waals surface area contributed by atoms with Crippen LogP contribution in [0.25, 0.3) is 0 Å². The fourth-order valence-electron chi connectivity index (χ4n) is 3.49. The Hall–Kier alpha value is -1.89. The topological polar surface area (TPSA) is 80.5 Å². The lowest BCUT2D eigenvalue weighted by atomic mass is 9.83. The van der Waals surface area contributed by atoms with Gasteiger partial charge in [-0.15, -0.1) is 0 Å². The van der Waals surface area contributed by atoms with Crippen LogP contribution in [0, 0.1) is 0 Å². The van der Waals surface area contributed by atoms with Gasteiger partial charge in [-0.3, -0.25) is 9.48 Å². The van der Waals surface area contributed by atoms with Crippen molar-refractivity contribution in [2.75, 3.05) is 18.4 Å². The van der Waals surface area contributed by atoms with E-state index in [2.05, 4.69) is 20.9 Å². The number of piperidine rings is 1. The van der Waals surface area contributed by atoms with Crippen LogP contribution in [0.2, 0.25) is 0 Å². The van der Waals surface area contributed by atoms with Crippen LogP contribution in [0.15, 0.2) is 11.2 Å². The van der Waals surface area contributed by atoms with Crippen molar-refractivity contribution in [3.63, 3.8) is 0 Å². The molecular formula is C16H23N5O2. The largest absolute Gasteiger partial charge is 0.388 e. The number of nitrogens with one attached hydrogen (secondary N) is 2. The summed E-state index contributed by atoms with van der Waals surface area (Å²) in [6.07, 6.45) is 6.04. The third kappa shape index (κ3) is 2.73. The van der Waals surface area contributed by atoms with E-state index in [-0.39, 0.29) is 11.5 Å². The maximum Gasteiger partial charge on any atom is 0.274 e. The Bertz CT molecular complexity index is 641. The first-order valence-corrected chi connectivity index (χ1v) is 8.46. The smallest absolute Gasteiger partial charge is 0.274 e. The molecule has 1 amide bonds. The van der Waals surface area contributed by atoms with Gasteiger partial charge in [0.05, 0.1) is 5.69 Å². The Balaban J connectivity index is 1.41. The molecule has 1 aromatic rings. The molecule has 1 aliphatic carbocycles. The molecule has 0 unspecified atom stereocenters. The van der Waals surface area contributed by atoms with Gasteiger partial charge in [0.25, 0.3) is 5.91 Å². The van der Waals surface area contributed by atoms with Gasteiger partial charge in [0.1, 0.15) is 17.1 Å². The molecule has 2 fully saturated rings. The van der Waals surface area contributed by atoms with E-state index < -0.39 is 0 Å². The van der Waals surface area contributed by atoms with Crippen molar-refractivity contribution in [1.82, 2.24) is 15.1 Å². The number of carbonyl (C=O) groups excluding carboxylic acids is 1. The lowest BCUT2D eigenvalue weighted by molar-refractivity contribution is -0.110. The van der Waals surface area contributed by atoms with E-state index in [1.807, 2.05) is 13.1 Å². The fraction of sp³-hybridized carbons (Fsp3) is 0.688. The maximum atomic E-state index is 12.5. The minimum atomic E-state index is -0.276. The van der Waals surface area contributed by atoms with Gasteiger partial charge in [0.2, 0.25) is 0 Å². The van der Waals surface area contributed by atoms with Crippen molar-refractivity contribution in [1.29, 1.82) is 0 Å². The number of nitrogens with zero attached hydrogens (tertiary/aromatic N) is 3. The van der Waals surface area contributed by atoms with Crippen molar-refractivity contribution in [3.8, 4) is 0 Å². The molecular weight excluding hydrogens is 294 g/mol. The maximum absolute atomic E-state index is 12.5. The zero-order valence-electron chi connectivity index (χ0n) is 13.5. The molecule has 1 spiro atoms. The molecule has 0 radical (unpaired) electrons. The highest BCUT2D eigenvalue weighted by atomic mass is 16.7. The van der Waals surface area contributed by atoms with Crippen molar-refractivity contribution in [2.45, 2.75) is 50.0 Å². The first-order chi connectivity index (χ1) is 11.2. The van der Waals surface area contributed by atoms with Gasteiger partial charge in [-0.1, -0.05) is 11.6 Å². The Morgan fingerprint density at radius 1 is 1.43 bits per heavy atom. The van der Waals surface area contributed by atoms with Gasteiger partial charge in [-0.25, -0.2) is 0 Å². The van der Waals surface area contributed by atoms with Crippen molar-refractivity contribution in [2.24, 2.45) is 12.2 Å². The van der Waals surface area contributed by atoms with E-state index in [9.17, 15) is 4.79 Å². The average Bonchev–Trinajstić information content (AvgIpc) is 3.03. The second-order valence-electron chi connectivity index (χ2n) is 6.90. The van der Waals surface area contributed by atoms with Crippen LogP contribution in [0.1, 0.15) is 50.1 Å². The lowest BCUT2D eigenvalue weighted by Gasteiger charge is -2.30. The minimum absolute atomic E-state index is 0.177. The van der Waals surface area contributed by atoms with Gasteiger partial charge >= 0.3 is 0 Å². The number of rotatable bonds is 3. The molecule has 2 aliphatic heterocycles. The number of aryl methyl sites for hydroxylation is 1. The van der Waals surface area contributed by atoms with E-state index in [1.54, 1.807) is 4.68 Å². The second kappa shape index (κ2) is 5.63. The van der Waals surface area contributed by atoms with E-state index in [4.69, 9.17) is 4.84 Å². The summed E-state index contributed by atoms with van der Waals surface area (Å²) in [6, 6.07) is 1.98. The summed E-state index contributed by atoms with van der Waals surface area (Å²) in [5.41, 5.74) is 1.29. The van der Waals surface area contributed by atoms with Gasteiger partial charge in [-0.05, 0) is 25.9 Å². The Morgan fingerprint density at radius 2 is 2.22 bits per heavy atom. The highest BCUT2D eigenvalue weighted by Gasteiger charge is 2.42. The van der Waals surface area contributed by atoms with Gasteiger partial charge in [0.15, 0.2) is 0 Å². The minimum Gasteiger partial charge on any atom is -0.388 e. The highest BCUT2D eigenvalue weighted by molar-refractivity contribution is 6.43. The summed E-state index contributed by atoms with van der Waals surface area (Å²) in [5, 5.41) is 14.8. The monoisotopic (exact) mass is 317 g/mol. The normalized spacial score (nSPS) is 23.3. The summed E-state index contributed by atoms with van der Waals surface area (Å²) in [7, 11) is 1.86. The number of carbonyl (C=O) groups is 1. The van der Waals surface area contributed by atoms with Gasteiger partial charge in [0, 0.05) is 38.3 Å². The molecule has 3 heterocycles. The molecule has 7 nitrogen and oxygen atoms in total. The lowest BCUT2D eigenvalue weighted by Crippen LogP contribution is -2.42. The summed E-state index contributed by atoms with van der Waals surface area (Å²) in [5.74, 6) is 1.10. The van der Waals surface area contributed by atoms with Crippen molar-refractivity contribution < 1.29 is 9.63 Å². The van der Waals surface area contributed by atoms with Crippen LogP contribution >= 0.6 is 0 Å². The second-order valence-corrected chi connectivity index (χ2v) is 6.90. The predicted molar refractivity (Wildman–Crippen MR) is 86.4 cm³/mol. The molecule has 0 aromatic carbocycles. The molecule has 1 saturated heterocycles. The Labute approximate surface area is 135 Å². The Morgan fingerprint density at radius 3 is 2.91 bits per heavy atom. The molecule has 1 saturated carbocycles. The number of hydrogen-bond donors (Lipinski definition) is 2. The van der Waals surface area contributed by atoms with Crippen LogP contribution in [-0.4, -0.2) is 40.1 Å². The summed E-state index contributed by atoms with van der Waals surface area (Å²) < 4.78 is 1.74. The first kappa shape index (κ1) is 14.7. The fourth-order valence-corrected chi connectivity index (χ4v) is 3.49. The molecule has 4 rings (SSSR count). The molecule has 23 heavy (non-hydrogen) atoms. The predicted octanol–water partition coefficient (Wildman–Crippen LogP) is 1.52. The van der Waals surface area contributed by atoms with Crippen molar-refractivity contribution in [3.05, 3.63) is 11.8 Å². The van der Waals surface area contributed by atoms with E-state index in [0.717, 1.165) is 37.4 Å². The molecule has 2 N–H and O–H groups in total. The molecule has 3 aliphatic rings. The summed E-state index contributed by atoms with van der Waals surface area (Å²) in [6.45, 7) is 1.83. The SMILES string of the molecule is Cn1nc(C2CCC2)cc1NC(=O)C1=NOC2(CCNCC2)C1. The molecule has 0 bridgehead atoms. The van der Waals surface area contributed by atoms with Crippen LogP contribution in [0.5, 0.6) is 0 Å². The summed E-state index contributed by atoms with van der Waals surface area (Å²) in [4.78, 5) is 18.1. The first-order valence-electron chi connectivity index (χ1n) is 8.46. The van der Waals surface area contributed by atoms with E-state index in [0.29, 0.717) is 18.1 Å². The van der Waals surface area contributed by atoms with Crippen molar-refractivity contribution >= 4 is 17.4 Å². The van der Waals surface area contributed by atoms with E-state index in [1.165, 1.54) is 19.3 Å². The standard InChI is InChI=1S/C16H23N5O2/c1-21-14(9-12(19-21)11-3-2-4-11)18-15(22)13-10-16(23-20-13)5-7-17-8-6-16/h9,11,17H,2-8,10H2,1H3,(H,18,22). The highest BCUT2D eigenvalue weighted by Crippen LogP contribution is 2.36. The number of amides is 1. The van der Waals surface area contributed by atoms with Crippen LogP contribution in [0.3, 0.4) is 0 Å². The molecule has 1 aromatic heterocycles. The van der Waals surface area contributed by atoms with Crippen LogP contribution in [0.4, 0.5) is 5.82 Å². The zero-order valence-corrected chi connectivity index (χ0v) is 13.5. The third-order valence-corrected chi connectivity index (χ3v) is 5.28. The number of hydrogen-bond acceptors (Lipinski definition) is 5. The number of anilines is 1. The third-order valence-electron chi connectivity index (χ3n) is 5.28. The quantitative estimate of drug-likeness (QED) is 0.886. The average molecular weight is 317 g/mol. The van der Waals surface area contributed by atoms with E-state index >= 15 is 0 Å². The van der Waals surface area contributed by atoms with Gasteiger partial charge in [-0.2, -0.15) is 5.10 Å². The molecule has 7 heteroatoms. The number of aromatic nitrogens is 2. The Kier molecular flexibility index (Phi) is 3.60. The molecule has 0 atom stereocenters. The zero-order chi connectivity index (χ0) is 15.9. The summed E-state index contributed by atoms with van der Waals surface area (Å²) >= 11 is 0. The van der Waals surface area contributed by atoms with Crippen LogP contribution in [-0.2, 0) is 16.7 Å². The van der Waals surface area contributed by atoms with Crippen LogP contribution < -0.4 is 10.6 Å². The van der Waals surface area contributed by atoms with Gasteiger partial charge < -0.3 is 15.5 Å². The molecule has 124 valence electrons.